The largest absolute Gasteiger partial charge is 0.172 e. The maximum absolute atomic E-state index is 5.75. The van der Waals surface area contributed by atoms with Gasteiger partial charge >= 0.3 is 0 Å². The normalized spacial score (nSPS) is 10.7. The summed E-state index contributed by atoms with van der Waals surface area (Å²) in [4.78, 5) is 0. The van der Waals surface area contributed by atoms with Crippen molar-refractivity contribution in [3.8, 4) is 0 Å². The molecular formula is C8H7ClN2. The van der Waals surface area contributed by atoms with E-state index in [9.17, 15) is 0 Å². The second-order valence-corrected chi connectivity index (χ2v) is 2.89. The van der Waals surface area contributed by atoms with Crippen molar-refractivity contribution in [2.24, 2.45) is 0 Å². The Morgan fingerprint density at radius 3 is 3.09 bits per heavy atom. The van der Waals surface area contributed by atoms with Gasteiger partial charge in [-0.25, -0.2) is 0 Å². The maximum Gasteiger partial charge on any atom is 0.0874 e. The summed E-state index contributed by atoms with van der Waals surface area (Å²) < 4.78 is 1.36. The summed E-state index contributed by atoms with van der Waals surface area (Å²) in [5.41, 5.74) is 2.16. The molecule has 0 saturated heterocycles. The number of hydrogen-bond acceptors (Lipinski definition) is 1. The topological polar surface area (TPSA) is 17.8 Å². The highest BCUT2D eigenvalue weighted by Gasteiger charge is 1.98. The van der Waals surface area contributed by atoms with E-state index < -0.39 is 0 Å². The lowest BCUT2D eigenvalue weighted by molar-refractivity contribution is 1.02. The fraction of sp³-hybridized carbons (Fsp3) is 0.125. The van der Waals surface area contributed by atoms with Crippen LogP contribution in [-0.4, -0.2) is 9.30 Å². The van der Waals surface area contributed by atoms with Gasteiger partial charge in [0, 0.05) is 17.2 Å². The van der Waals surface area contributed by atoms with Gasteiger partial charge in [0.05, 0.1) is 11.7 Å². The summed E-state index contributed by atoms with van der Waals surface area (Å²) in [6, 6.07) is 6.06. The van der Waals surface area contributed by atoms with E-state index in [2.05, 4.69) is 5.10 Å². The number of rotatable bonds is 0. The SMILES string of the molecule is Cc1ccc2cnn(Cl)c2c1. The summed E-state index contributed by atoms with van der Waals surface area (Å²) in [5, 5.41) is 4.99. The van der Waals surface area contributed by atoms with Crippen molar-refractivity contribution in [2.75, 3.05) is 0 Å². The average molecular weight is 167 g/mol. The van der Waals surface area contributed by atoms with Crippen LogP contribution in [0.2, 0.25) is 0 Å². The minimum absolute atomic E-state index is 0.965. The fourth-order valence-electron chi connectivity index (χ4n) is 1.10. The highest BCUT2D eigenvalue weighted by molar-refractivity contribution is 6.18. The van der Waals surface area contributed by atoms with E-state index >= 15 is 0 Å². The van der Waals surface area contributed by atoms with Crippen molar-refractivity contribution in [1.82, 2.24) is 9.30 Å². The molecule has 0 bridgehead atoms. The lowest BCUT2D eigenvalue weighted by Gasteiger charge is -1.92. The number of nitrogens with zero attached hydrogens (tertiary/aromatic N) is 2. The first-order chi connectivity index (χ1) is 5.27. The van der Waals surface area contributed by atoms with Gasteiger partial charge in [0.2, 0.25) is 0 Å². The van der Waals surface area contributed by atoms with Gasteiger partial charge in [-0.1, -0.05) is 12.1 Å². The van der Waals surface area contributed by atoms with Crippen LogP contribution in [0.3, 0.4) is 0 Å². The molecule has 0 aliphatic heterocycles. The molecule has 1 aromatic carbocycles. The minimum atomic E-state index is 0.965. The van der Waals surface area contributed by atoms with E-state index in [1.165, 1.54) is 9.76 Å². The third-order valence-electron chi connectivity index (χ3n) is 1.68. The summed E-state index contributed by atoms with van der Waals surface area (Å²) in [6.45, 7) is 2.03. The van der Waals surface area contributed by atoms with Crippen LogP contribution in [0.25, 0.3) is 10.9 Å². The third kappa shape index (κ3) is 0.994. The van der Waals surface area contributed by atoms with Gasteiger partial charge in [-0.05, 0) is 18.6 Å². The van der Waals surface area contributed by atoms with Crippen molar-refractivity contribution in [2.45, 2.75) is 6.92 Å². The molecule has 0 unspecified atom stereocenters. The molecular weight excluding hydrogens is 160 g/mol. The minimum Gasteiger partial charge on any atom is -0.172 e. The molecule has 56 valence electrons. The number of aryl methyl sites for hydroxylation is 1. The average Bonchev–Trinajstić information content (AvgIpc) is 2.33. The Balaban J connectivity index is 2.87. The quantitative estimate of drug-likeness (QED) is 0.588. The molecule has 2 aromatic rings. The monoisotopic (exact) mass is 166 g/mol. The van der Waals surface area contributed by atoms with Crippen LogP contribution in [0.5, 0.6) is 0 Å². The Bertz CT molecular complexity index is 392. The van der Waals surface area contributed by atoms with Crippen molar-refractivity contribution in [1.29, 1.82) is 0 Å². The second kappa shape index (κ2) is 2.24. The van der Waals surface area contributed by atoms with Crippen LogP contribution in [0.4, 0.5) is 0 Å². The zero-order chi connectivity index (χ0) is 7.84. The molecule has 0 atom stereocenters. The molecule has 1 aromatic heterocycles. The fourth-order valence-corrected chi connectivity index (χ4v) is 1.29. The Morgan fingerprint density at radius 1 is 1.45 bits per heavy atom. The Labute approximate surface area is 69.5 Å². The summed E-state index contributed by atoms with van der Waals surface area (Å²) >= 11 is 5.75. The number of aromatic nitrogens is 2. The van der Waals surface area contributed by atoms with E-state index in [0.717, 1.165) is 10.9 Å². The molecule has 2 nitrogen and oxygen atoms in total. The molecule has 0 fully saturated rings. The van der Waals surface area contributed by atoms with Crippen LogP contribution in [0, 0.1) is 6.92 Å². The molecule has 2 rings (SSSR count). The van der Waals surface area contributed by atoms with Gasteiger partial charge in [-0.3, -0.25) is 0 Å². The van der Waals surface area contributed by atoms with Crippen LogP contribution in [0.1, 0.15) is 5.56 Å². The zero-order valence-corrected chi connectivity index (χ0v) is 6.84. The van der Waals surface area contributed by atoms with Crippen molar-refractivity contribution < 1.29 is 0 Å². The first-order valence-electron chi connectivity index (χ1n) is 3.38. The number of fused-ring (bicyclic) bond motifs is 1. The van der Waals surface area contributed by atoms with E-state index in [1.807, 2.05) is 25.1 Å². The van der Waals surface area contributed by atoms with Crippen LogP contribution >= 0.6 is 11.8 Å². The van der Waals surface area contributed by atoms with Gasteiger partial charge in [0.15, 0.2) is 0 Å². The lowest BCUT2D eigenvalue weighted by Crippen LogP contribution is -1.80. The molecule has 0 N–H and O–H groups in total. The van der Waals surface area contributed by atoms with Crippen molar-refractivity contribution >= 4 is 22.7 Å². The molecule has 0 amide bonds. The van der Waals surface area contributed by atoms with E-state index in [0.29, 0.717) is 0 Å². The van der Waals surface area contributed by atoms with Crippen molar-refractivity contribution in [3.05, 3.63) is 30.0 Å². The van der Waals surface area contributed by atoms with Crippen LogP contribution < -0.4 is 0 Å². The molecule has 0 radical (unpaired) electrons. The molecule has 0 spiro atoms. The van der Waals surface area contributed by atoms with Gasteiger partial charge in [0.25, 0.3) is 0 Å². The van der Waals surface area contributed by atoms with E-state index in [-0.39, 0.29) is 0 Å². The number of hydrogen-bond donors (Lipinski definition) is 0. The first kappa shape index (κ1) is 6.68. The van der Waals surface area contributed by atoms with Gasteiger partial charge < -0.3 is 0 Å². The molecule has 0 saturated carbocycles. The first-order valence-corrected chi connectivity index (χ1v) is 3.72. The van der Waals surface area contributed by atoms with Crippen LogP contribution in [-0.2, 0) is 0 Å². The smallest absolute Gasteiger partial charge is 0.0874 e. The molecule has 0 aliphatic rings. The van der Waals surface area contributed by atoms with E-state index in [1.54, 1.807) is 6.20 Å². The summed E-state index contributed by atoms with van der Waals surface area (Å²) in [5.74, 6) is 0. The summed E-state index contributed by atoms with van der Waals surface area (Å²) in [7, 11) is 0. The standard InChI is InChI=1S/C8H7ClN2/c1-6-2-3-7-5-10-11(9)8(7)4-6/h2-5H,1H3. The lowest BCUT2D eigenvalue weighted by atomic mass is 10.2. The summed E-state index contributed by atoms with van der Waals surface area (Å²) in [6.07, 6.45) is 1.75. The Morgan fingerprint density at radius 2 is 2.27 bits per heavy atom. The third-order valence-corrected chi connectivity index (χ3v) is 1.95. The highest BCUT2D eigenvalue weighted by Crippen LogP contribution is 2.15. The molecule has 3 heteroatoms. The van der Waals surface area contributed by atoms with Crippen LogP contribution in [0.15, 0.2) is 24.4 Å². The molecule has 11 heavy (non-hydrogen) atoms. The number of benzene rings is 1. The van der Waals surface area contributed by atoms with Gasteiger partial charge in [-0.2, -0.15) is 9.30 Å². The number of halogens is 1. The second-order valence-electron chi connectivity index (χ2n) is 2.57. The molecule has 1 heterocycles. The zero-order valence-electron chi connectivity index (χ0n) is 6.08. The van der Waals surface area contributed by atoms with Gasteiger partial charge in [-0.15, -0.1) is 0 Å². The van der Waals surface area contributed by atoms with Gasteiger partial charge in [0.1, 0.15) is 0 Å². The molecule has 0 aliphatic carbocycles. The van der Waals surface area contributed by atoms with E-state index in [4.69, 9.17) is 11.8 Å². The Kier molecular flexibility index (Phi) is 1.36. The highest BCUT2D eigenvalue weighted by atomic mass is 35.5. The maximum atomic E-state index is 5.75. The predicted molar refractivity (Wildman–Crippen MR) is 45.7 cm³/mol. The van der Waals surface area contributed by atoms with Crippen molar-refractivity contribution in [3.63, 3.8) is 0 Å². The Hall–Kier alpha value is -1.02. The predicted octanol–water partition coefficient (Wildman–Crippen LogP) is 2.35.